The van der Waals surface area contributed by atoms with E-state index >= 15 is 0 Å². The number of aromatic nitrogens is 1. The Morgan fingerprint density at radius 2 is 2.33 bits per heavy atom. The Labute approximate surface area is 113 Å². The molecule has 0 bridgehead atoms. The molecule has 0 saturated carbocycles. The minimum atomic E-state index is -0.0122. The molecule has 1 aliphatic heterocycles. The Hall–Kier alpha value is -1.13. The molecule has 5 heteroatoms. The van der Waals surface area contributed by atoms with Crippen molar-refractivity contribution < 1.29 is 4.79 Å². The molecule has 4 nitrogen and oxygen atoms in total. The number of carbonyl (C=O) groups is 1. The lowest BCUT2D eigenvalue weighted by molar-refractivity contribution is 0.0710. The maximum atomic E-state index is 12.4. The average Bonchev–Trinajstić information content (AvgIpc) is 2.75. The molecule has 0 radical (unpaired) electrons. The number of pyridine rings is 1. The summed E-state index contributed by atoms with van der Waals surface area (Å²) >= 11 is 5.83. The molecule has 1 amide bonds. The van der Waals surface area contributed by atoms with Crippen molar-refractivity contribution in [3.8, 4) is 0 Å². The number of halogens is 1. The first-order valence-electron chi connectivity index (χ1n) is 6.16. The van der Waals surface area contributed by atoms with Crippen molar-refractivity contribution in [1.82, 2.24) is 14.8 Å². The molecule has 1 aromatic rings. The third kappa shape index (κ3) is 3.00. The van der Waals surface area contributed by atoms with Gasteiger partial charge in [-0.2, -0.15) is 0 Å². The quantitative estimate of drug-likeness (QED) is 0.785. The van der Waals surface area contributed by atoms with Crippen LogP contribution >= 0.6 is 11.6 Å². The molecule has 1 unspecified atom stereocenters. The van der Waals surface area contributed by atoms with Crippen LogP contribution in [0, 0.1) is 0 Å². The van der Waals surface area contributed by atoms with E-state index in [9.17, 15) is 4.79 Å². The number of carbonyl (C=O) groups excluding carboxylic acids is 1. The van der Waals surface area contributed by atoms with E-state index in [1.54, 1.807) is 18.2 Å². The highest BCUT2D eigenvalue weighted by Gasteiger charge is 2.30. The van der Waals surface area contributed by atoms with Gasteiger partial charge < -0.3 is 9.80 Å². The van der Waals surface area contributed by atoms with Gasteiger partial charge in [0.25, 0.3) is 5.91 Å². The minimum absolute atomic E-state index is 0.0122. The fourth-order valence-electron chi connectivity index (χ4n) is 2.39. The van der Waals surface area contributed by atoms with Gasteiger partial charge in [-0.25, -0.2) is 4.98 Å². The summed E-state index contributed by atoms with van der Waals surface area (Å²) < 4.78 is 0. The molecule has 2 heterocycles. The van der Waals surface area contributed by atoms with Crippen LogP contribution in [0.1, 0.15) is 23.3 Å². The zero-order chi connectivity index (χ0) is 13.1. The van der Waals surface area contributed by atoms with E-state index in [0.717, 1.165) is 25.9 Å². The lowest BCUT2D eigenvalue weighted by Crippen LogP contribution is -2.41. The molecule has 1 saturated heterocycles. The number of hydrogen-bond donors (Lipinski definition) is 0. The highest BCUT2D eigenvalue weighted by Crippen LogP contribution is 2.20. The summed E-state index contributed by atoms with van der Waals surface area (Å²) in [5, 5.41) is 0.365. The molecule has 0 aromatic carbocycles. The fourth-order valence-corrected chi connectivity index (χ4v) is 2.55. The van der Waals surface area contributed by atoms with Gasteiger partial charge in [0.15, 0.2) is 0 Å². The van der Waals surface area contributed by atoms with Crippen molar-refractivity contribution in [2.75, 3.05) is 27.2 Å². The van der Waals surface area contributed by atoms with Crippen LogP contribution in [0.15, 0.2) is 18.2 Å². The number of likely N-dealkylation sites (N-methyl/N-ethyl adjacent to an activating group) is 1. The van der Waals surface area contributed by atoms with E-state index in [-0.39, 0.29) is 11.9 Å². The van der Waals surface area contributed by atoms with Crippen molar-refractivity contribution in [1.29, 1.82) is 0 Å². The van der Waals surface area contributed by atoms with Gasteiger partial charge in [-0.3, -0.25) is 4.79 Å². The Kier molecular flexibility index (Phi) is 4.19. The predicted octanol–water partition coefficient (Wildman–Crippen LogP) is 1.90. The first-order chi connectivity index (χ1) is 8.58. The summed E-state index contributed by atoms with van der Waals surface area (Å²) in [5.41, 5.74) is 0.438. The minimum Gasteiger partial charge on any atom is -0.333 e. The molecular weight excluding hydrogens is 250 g/mol. The highest BCUT2D eigenvalue weighted by molar-refractivity contribution is 6.29. The Bertz CT molecular complexity index is 436. The first-order valence-corrected chi connectivity index (χ1v) is 6.54. The second-order valence-corrected chi connectivity index (χ2v) is 5.29. The van der Waals surface area contributed by atoms with E-state index in [4.69, 9.17) is 11.6 Å². The third-order valence-electron chi connectivity index (χ3n) is 3.15. The molecule has 98 valence electrons. The number of rotatable bonds is 3. The lowest BCUT2D eigenvalue weighted by atomic mass is 10.2. The summed E-state index contributed by atoms with van der Waals surface area (Å²) in [6, 6.07) is 5.45. The summed E-state index contributed by atoms with van der Waals surface area (Å²) in [6.07, 6.45) is 2.12. The van der Waals surface area contributed by atoms with Crippen LogP contribution in [-0.4, -0.2) is 53.9 Å². The summed E-state index contributed by atoms with van der Waals surface area (Å²) in [7, 11) is 4.05. The monoisotopic (exact) mass is 267 g/mol. The van der Waals surface area contributed by atoms with Gasteiger partial charge in [-0.1, -0.05) is 17.7 Å². The Morgan fingerprint density at radius 1 is 1.56 bits per heavy atom. The van der Waals surface area contributed by atoms with E-state index in [2.05, 4.69) is 9.88 Å². The van der Waals surface area contributed by atoms with E-state index in [1.165, 1.54) is 0 Å². The molecule has 1 atom stereocenters. The predicted molar refractivity (Wildman–Crippen MR) is 71.9 cm³/mol. The van der Waals surface area contributed by atoms with Crippen LogP contribution in [0.3, 0.4) is 0 Å². The number of likely N-dealkylation sites (tertiary alicyclic amines) is 1. The zero-order valence-electron chi connectivity index (χ0n) is 10.8. The average molecular weight is 268 g/mol. The van der Waals surface area contributed by atoms with Crippen LogP contribution in [0.5, 0.6) is 0 Å². The van der Waals surface area contributed by atoms with Crippen LogP contribution < -0.4 is 0 Å². The second kappa shape index (κ2) is 5.67. The van der Waals surface area contributed by atoms with Crippen LogP contribution in [0.25, 0.3) is 0 Å². The molecule has 18 heavy (non-hydrogen) atoms. The SMILES string of the molecule is CN(C)CC1CCCN1C(=O)c1cccc(Cl)n1. The van der Waals surface area contributed by atoms with E-state index in [0.29, 0.717) is 10.8 Å². The zero-order valence-corrected chi connectivity index (χ0v) is 11.5. The van der Waals surface area contributed by atoms with Crippen molar-refractivity contribution in [2.24, 2.45) is 0 Å². The molecule has 1 fully saturated rings. The third-order valence-corrected chi connectivity index (χ3v) is 3.36. The van der Waals surface area contributed by atoms with Crippen LogP contribution in [0.4, 0.5) is 0 Å². The summed E-state index contributed by atoms with van der Waals surface area (Å²) in [4.78, 5) is 20.5. The van der Waals surface area contributed by atoms with E-state index < -0.39 is 0 Å². The maximum absolute atomic E-state index is 12.4. The molecule has 0 aliphatic carbocycles. The largest absolute Gasteiger partial charge is 0.333 e. The van der Waals surface area contributed by atoms with Gasteiger partial charge >= 0.3 is 0 Å². The summed E-state index contributed by atoms with van der Waals surface area (Å²) in [5.74, 6) is -0.0122. The fraction of sp³-hybridized carbons (Fsp3) is 0.538. The molecule has 2 rings (SSSR count). The molecule has 1 aromatic heterocycles. The number of amides is 1. The first kappa shape index (κ1) is 13.3. The van der Waals surface area contributed by atoms with E-state index in [1.807, 2.05) is 19.0 Å². The second-order valence-electron chi connectivity index (χ2n) is 4.90. The highest BCUT2D eigenvalue weighted by atomic mass is 35.5. The van der Waals surface area contributed by atoms with Gasteiger partial charge in [-0.05, 0) is 39.1 Å². The standard InChI is InChI=1S/C13H18ClN3O/c1-16(2)9-10-5-4-8-17(10)13(18)11-6-3-7-12(14)15-11/h3,6-7,10H,4-5,8-9H2,1-2H3. The van der Waals surface area contributed by atoms with Crippen LogP contribution in [0.2, 0.25) is 5.15 Å². The number of hydrogen-bond acceptors (Lipinski definition) is 3. The molecule has 1 aliphatic rings. The molecular formula is C13H18ClN3O. The van der Waals surface area contributed by atoms with Gasteiger partial charge in [0.1, 0.15) is 10.8 Å². The molecule has 0 N–H and O–H groups in total. The summed E-state index contributed by atoms with van der Waals surface area (Å²) in [6.45, 7) is 1.71. The van der Waals surface area contributed by atoms with Gasteiger partial charge in [0.05, 0.1) is 0 Å². The smallest absolute Gasteiger partial charge is 0.272 e. The lowest BCUT2D eigenvalue weighted by Gasteiger charge is -2.26. The normalized spacial score (nSPS) is 19.6. The Balaban J connectivity index is 2.12. The maximum Gasteiger partial charge on any atom is 0.272 e. The van der Waals surface area contributed by atoms with Crippen molar-refractivity contribution >= 4 is 17.5 Å². The topological polar surface area (TPSA) is 36.4 Å². The van der Waals surface area contributed by atoms with Crippen LogP contribution in [-0.2, 0) is 0 Å². The number of nitrogens with zero attached hydrogens (tertiary/aromatic N) is 3. The van der Waals surface area contributed by atoms with Gasteiger partial charge in [0, 0.05) is 19.1 Å². The van der Waals surface area contributed by atoms with Crippen molar-refractivity contribution in [2.45, 2.75) is 18.9 Å². The van der Waals surface area contributed by atoms with Gasteiger partial charge in [0.2, 0.25) is 0 Å². The van der Waals surface area contributed by atoms with Crippen molar-refractivity contribution in [3.05, 3.63) is 29.0 Å². The molecule has 0 spiro atoms. The van der Waals surface area contributed by atoms with Gasteiger partial charge in [-0.15, -0.1) is 0 Å². The Morgan fingerprint density at radius 3 is 3.00 bits per heavy atom. The van der Waals surface area contributed by atoms with Crippen molar-refractivity contribution in [3.63, 3.8) is 0 Å².